The second-order valence-corrected chi connectivity index (χ2v) is 8.65. The van der Waals surface area contributed by atoms with Gasteiger partial charge in [-0.3, -0.25) is 9.89 Å². The quantitative estimate of drug-likeness (QED) is 0.642. The second kappa shape index (κ2) is 8.54. The van der Waals surface area contributed by atoms with Crippen molar-refractivity contribution >= 4 is 28.2 Å². The molecular formula is C25H30FN5O. The van der Waals surface area contributed by atoms with Crippen LogP contribution < -0.4 is 10.2 Å². The lowest BCUT2D eigenvalue weighted by atomic mass is 9.89. The minimum atomic E-state index is -0.252. The molecule has 7 heteroatoms. The summed E-state index contributed by atoms with van der Waals surface area (Å²) in [5.74, 6) is 0.296. The molecule has 2 atom stereocenters. The molecule has 4 heterocycles. The third-order valence-corrected chi connectivity index (χ3v) is 6.90. The van der Waals surface area contributed by atoms with Crippen LogP contribution in [-0.4, -0.2) is 53.2 Å². The third-order valence-electron chi connectivity index (χ3n) is 6.90. The van der Waals surface area contributed by atoms with Gasteiger partial charge in [-0.25, -0.2) is 4.39 Å². The molecule has 6 nitrogen and oxygen atoms in total. The van der Waals surface area contributed by atoms with Gasteiger partial charge in [0.05, 0.1) is 23.4 Å². The maximum absolute atomic E-state index is 13.4. The number of halogens is 1. The number of benzene rings is 2. The van der Waals surface area contributed by atoms with Crippen molar-refractivity contribution in [3.63, 3.8) is 0 Å². The highest BCUT2D eigenvalue weighted by molar-refractivity contribution is 6.03. The summed E-state index contributed by atoms with van der Waals surface area (Å²) >= 11 is 0. The topological polar surface area (TPSA) is 64.3 Å². The Kier molecular flexibility index (Phi) is 5.59. The molecule has 1 aromatic heterocycles. The van der Waals surface area contributed by atoms with Crippen LogP contribution in [0.3, 0.4) is 0 Å². The van der Waals surface area contributed by atoms with Crippen molar-refractivity contribution in [1.29, 1.82) is 0 Å². The fourth-order valence-electron chi connectivity index (χ4n) is 5.59. The van der Waals surface area contributed by atoms with Gasteiger partial charge in [0, 0.05) is 42.2 Å². The highest BCUT2D eigenvalue weighted by atomic mass is 19.1. The van der Waals surface area contributed by atoms with E-state index in [1.165, 1.54) is 23.4 Å². The van der Waals surface area contributed by atoms with Crippen LogP contribution in [0.1, 0.15) is 43.9 Å². The van der Waals surface area contributed by atoms with E-state index in [9.17, 15) is 9.18 Å². The molecule has 2 aromatic carbocycles. The Morgan fingerprint density at radius 1 is 1.22 bits per heavy atom. The van der Waals surface area contributed by atoms with Crippen molar-refractivity contribution in [2.45, 2.75) is 45.1 Å². The first-order valence-corrected chi connectivity index (χ1v) is 11.7. The summed E-state index contributed by atoms with van der Waals surface area (Å²) in [4.78, 5) is 17.0. The molecule has 3 aromatic rings. The number of nitrogens with zero attached hydrogens (tertiary/aromatic N) is 3. The van der Waals surface area contributed by atoms with Crippen molar-refractivity contribution in [3.8, 4) is 0 Å². The molecular weight excluding hydrogens is 405 g/mol. The molecule has 0 saturated carbocycles. The molecule has 3 aliphatic rings. The average molecular weight is 436 g/mol. The van der Waals surface area contributed by atoms with Gasteiger partial charge >= 0.3 is 0 Å². The van der Waals surface area contributed by atoms with Crippen LogP contribution in [0.15, 0.2) is 36.4 Å². The molecule has 1 fully saturated rings. The van der Waals surface area contributed by atoms with Gasteiger partial charge in [0.15, 0.2) is 0 Å². The zero-order valence-corrected chi connectivity index (χ0v) is 18.7. The normalized spacial score (nSPS) is 21.6. The fourth-order valence-corrected chi connectivity index (χ4v) is 5.59. The molecule has 0 radical (unpaired) electrons. The first-order valence-electron chi connectivity index (χ1n) is 11.7. The predicted octanol–water partition coefficient (Wildman–Crippen LogP) is 4.29. The monoisotopic (exact) mass is 435 g/mol. The van der Waals surface area contributed by atoms with E-state index in [1.807, 2.05) is 26.0 Å². The fraction of sp³-hybridized carbons (Fsp3) is 0.440. The largest absolute Gasteiger partial charge is 0.357 e. The van der Waals surface area contributed by atoms with Crippen LogP contribution in [0, 0.1) is 5.82 Å². The number of aryl methyl sites for hydroxylation is 1. The van der Waals surface area contributed by atoms with Gasteiger partial charge in [-0.05, 0) is 49.6 Å². The number of nitrogens with one attached hydrogen (secondary N) is 2. The smallest absolute Gasteiger partial charge is 0.243 e. The van der Waals surface area contributed by atoms with E-state index < -0.39 is 0 Å². The zero-order valence-electron chi connectivity index (χ0n) is 18.7. The molecule has 2 N–H and O–H groups in total. The van der Waals surface area contributed by atoms with Gasteiger partial charge in [0.1, 0.15) is 5.82 Å². The number of hydrogen-bond acceptors (Lipinski definition) is 4. The molecule has 1 saturated heterocycles. The molecule has 0 bridgehead atoms. The summed E-state index contributed by atoms with van der Waals surface area (Å²) in [5, 5.41) is 11.4. The summed E-state index contributed by atoms with van der Waals surface area (Å²) < 4.78 is 13.4. The van der Waals surface area contributed by atoms with E-state index in [4.69, 9.17) is 0 Å². The van der Waals surface area contributed by atoms with Crippen molar-refractivity contribution < 1.29 is 9.18 Å². The first-order chi connectivity index (χ1) is 15.7. The average Bonchev–Trinajstić information content (AvgIpc) is 3.35. The number of H-pyrrole nitrogens is 1. The van der Waals surface area contributed by atoms with Crippen LogP contribution >= 0.6 is 0 Å². The molecule has 3 aliphatic heterocycles. The number of carbonyl (C=O) groups is 1. The van der Waals surface area contributed by atoms with Crippen LogP contribution in [0.25, 0.3) is 10.9 Å². The molecule has 1 amide bonds. The number of hydrogen-bond donors (Lipinski definition) is 2. The molecule has 0 spiro atoms. The third kappa shape index (κ3) is 3.54. The highest BCUT2D eigenvalue weighted by Crippen LogP contribution is 2.49. The van der Waals surface area contributed by atoms with Crippen molar-refractivity contribution in [1.82, 2.24) is 15.1 Å². The van der Waals surface area contributed by atoms with E-state index in [0.717, 1.165) is 55.7 Å². The van der Waals surface area contributed by atoms with E-state index in [-0.39, 0.29) is 11.7 Å². The van der Waals surface area contributed by atoms with Gasteiger partial charge in [0.25, 0.3) is 0 Å². The van der Waals surface area contributed by atoms with E-state index in [1.54, 1.807) is 0 Å². The number of rotatable bonds is 4. The highest BCUT2D eigenvalue weighted by Gasteiger charge is 2.44. The Morgan fingerprint density at radius 2 is 2.09 bits per heavy atom. The number of amides is 1. The zero-order chi connectivity index (χ0) is 22.2. The van der Waals surface area contributed by atoms with Crippen molar-refractivity contribution in [3.05, 3.63) is 53.5 Å². The van der Waals surface area contributed by atoms with Crippen molar-refractivity contribution in [2.24, 2.45) is 0 Å². The summed E-state index contributed by atoms with van der Waals surface area (Å²) in [6.07, 6.45) is 3.01. The minimum absolute atomic E-state index is 0.0920. The number of piperidine rings is 1. The van der Waals surface area contributed by atoms with Crippen LogP contribution in [-0.2, 0) is 11.2 Å². The van der Waals surface area contributed by atoms with Gasteiger partial charge in [0.2, 0.25) is 5.91 Å². The lowest BCUT2D eigenvalue weighted by molar-refractivity contribution is -0.115. The van der Waals surface area contributed by atoms with Crippen LogP contribution in [0.4, 0.5) is 15.8 Å². The van der Waals surface area contributed by atoms with E-state index >= 15 is 0 Å². The lowest BCUT2D eigenvalue weighted by Gasteiger charge is -2.39. The Bertz CT molecular complexity index is 1140. The van der Waals surface area contributed by atoms with Gasteiger partial charge in [-0.1, -0.05) is 26.0 Å². The number of carbonyl (C=O) groups excluding carboxylic acids is 1. The number of para-hydroxylation sites is 1. The molecule has 168 valence electrons. The number of fused-ring (bicyclic) bond motifs is 4. The Balaban J connectivity index is 0.00000105. The molecule has 0 aliphatic carbocycles. The molecule has 6 rings (SSSR count). The van der Waals surface area contributed by atoms with E-state index in [2.05, 4.69) is 37.4 Å². The summed E-state index contributed by atoms with van der Waals surface area (Å²) in [7, 11) is 0. The second-order valence-electron chi connectivity index (χ2n) is 8.65. The maximum Gasteiger partial charge on any atom is 0.243 e. The standard InChI is InChI=1S/C23H24FN5O.C2H6/c24-14-6-7-16-18(26-27-20(16)11-14)5-2-9-28-10-8-21-17(12-28)15-3-1-4-19-23(15)29(21)13-22(30)25-19;1-2/h1,3-4,6-7,11,17,21H,2,5,8-10,12-13H2,(H,25,30)(H,26,27);1-2H3. The predicted molar refractivity (Wildman–Crippen MR) is 126 cm³/mol. The minimum Gasteiger partial charge on any atom is -0.357 e. The van der Waals surface area contributed by atoms with E-state index in [0.29, 0.717) is 24.0 Å². The van der Waals surface area contributed by atoms with Crippen LogP contribution in [0.5, 0.6) is 0 Å². The number of likely N-dealkylation sites (tertiary alicyclic amines) is 1. The van der Waals surface area contributed by atoms with Crippen LogP contribution in [0.2, 0.25) is 0 Å². The Morgan fingerprint density at radius 3 is 2.97 bits per heavy atom. The number of anilines is 2. The first kappa shape index (κ1) is 20.9. The summed E-state index contributed by atoms with van der Waals surface area (Å²) in [6, 6.07) is 11.5. The van der Waals surface area contributed by atoms with Gasteiger partial charge in [-0.15, -0.1) is 0 Å². The van der Waals surface area contributed by atoms with Gasteiger partial charge in [-0.2, -0.15) is 5.10 Å². The molecule has 32 heavy (non-hydrogen) atoms. The summed E-state index contributed by atoms with van der Waals surface area (Å²) in [5.41, 5.74) is 5.36. The van der Waals surface area contributed by atoms with Gasteiger partial charge < -0.3 is 15.1 Å². The molecule has 2 unspecified atom stereocenters. The maximum atomic E-state index is 13.4. The Hall–Kier alpha value is -2.93. The number of aromatic nitrogens is 2. The Labute approximate surface area is 187 Å². The number of aromatic amines is 1. The van der Waals surface area contributed by atoms with Crippen molar-refractivity contribution in [2.75, 3.05) is 36.4 Å². The lowest BCUT2D eigenvalue weighted by Crippen LogP contribution is -2.49. The summed E-state index contributed by atoms with van der Waals surface area (Å²) in [6.45, 7) is 7.58. The SMILES string of the molecule is CC.O=C1CN2c3c(cccc3C3CN(CCCc4[nH]nc5cc(F)ccc45)CCC32)N1.